The molecule has 1 unspecified atom stereocenters. The first-order valence-electron chi connectivity index (χ1n) is 16.2. The van der Waals surface area contributed by atoms with Crippen molar-refractivity contribution >= 4 is 50.7 Å². The topological polar surface area (TPSA) is 86.8 Å². The second kappa shape index (κ2) is 15.6. The summed E-state index contributed by atoms with van der Waals surface area (Å²) in [6, 6.07) is 25.5. The van der Waals surface area contributed by atoms with Crippen molar-refractivity contribution in [1.82, 2.24) is 10.2 Å². The van der Waals surface area contributed by atoms with Crippen LogP contribution in [0.3, 0.4) is 0 Å². The molecule has 48 heavy (non-hydrogen) atoms. The predicted molar refractivity (Wildman–Crippen MR) is 193 cm³/mol. The second-order valence-electron chi connectivity index (χ2n) is 12.6. The summed E-state index contributed by atoms with van der Waals surface area (Å²) in [7, 11) is -4.21. The monoisotopic (exact) mass is 705 g/mol. The van der Waals surface area contributed by atoms with Gasteiger partial charge in [0.25, 0.3) is 10.0 Å². The van der Waals surface area contributed by atoms with Crippen LogP contribution in [-0.2, 0) is 32.6 Å². The minimum Gasteiger partial charge on any atom is -0.352 e. The molecule has 1 aliphatic carbocycles. The van der Waals surface area contributed by atoms with E-state index >= 15 is 0 Å². The molecule has 0 aliphatic heterocycles. The van der Waals surface area contributed by atoms with Crippen LogP contribution in [0.2, 0.25) is 10.0 Å². The maximum absolute atomic E-state index is 14.8. The van der Waals surface area contributed by atoms with Gasteiger partial charge in [0.05, 0.1) is 10.6 Å². The second-order valence-corrected chi connectivity index (χ2v) is 15.3. The van der Waals surface area contributed by atoms with E-state index in [0.717, 1.165) is 52.2 Å². The molecule has 0 spiro atoms. The Hall–Kier alpha value is -3.85. The molecule has 4 aromatic carbocycles. The lowest BCUT2D eigenvalue weighted by molar-refractivity contribution is -0.140. The van der Waals surface area contributed by atoms with E-state index in [1.165, 1.54) is 4.90 Å². The lowest BCUT2D eigenvalue weighted by Gasteiger charge is -2.35. The van der Waals surface area contributed by atoms with Gasteiger partial charge in [-0.05, 0) is 86.7 Å². The highest BCUT2D eigenvalue weighted by atomic mass is 35.5. The number of hydrogen-bond donors (Lipinski definition) is 1. The number of nitrogens with one attached hydrogen (secondary N) is 1. The molecule has 252 valence electrons. The SMILES string of the molecule is Cc1ccc(S(=O)(=O)N(CC(=O)N(Cc2c(Cl)cccc2Cl)C(Cc2ccccc2)C(=O)NC2CCCC2)c2cc(C)cc(C)c2)cc1. The number of hydrogen-bond acceptors (Lipinski definition) is 4. The standard InChI is InChI=1S/C38H41Cl2N3O4S/c1-26-16-18-32(19-17-26)48(46,47)43(31-21-27(2)20-28(3)22-31)25-37(44)42(24-33-34(39)14-9-15-35(33)40)36(23-29-10-5-4-6-11-29)38(45)41-30-12-7-8-13-30/h4-6,9-11,14-22,30,36H,7-8,12-13,23-25H2,1-3H3,(H,41,45). The Morgan fingerprint density at radius 2 is 1.42 bits per heavy atom. The van der Waals surface area contributed by atoms with Gasteiger partial charge in [0.1, 0.15) is 12.6 Å². The van der Waals surface area contributed by atoms with E-state index in [0.29, 0.717) is 21.3 Å². The molecule has 0 saturated heterocycles. The van der Waals surface area contributed by atoms with Crippen molar-refractivity contribution in [1.29, 1.82) is 0 Å². The average molecular weight is 707 g/mol. The Morgan fingerprint density at radius 1 is 0.812 bits per heavy atom. The van der Waals surface area contributed by atoms with Crippen molar-refractivity contribution in [3.8, 4) is 0 Å². The summed E-state index contributed by atoms with van der Waals surface area (Å²) in [6.07, 6.45) is 3.98. The molecule has 5 rings (SSSR count). The van der Waals surface area contributed by atoms with Crippen molar-refractivity contribution in [3.05, 3.63) is 129 Å². The van der Waals surface area contributed by atoms with Crippen LogP contribution in [-0.4, -0.2) is 43.8 Å². The fourth-order valence-corrected chi connectivity index (χ4v) is 8.15. The first-order valence-corrected chi connectivity index (χ1v) is 18.4. The Balaban J connectivity index is 1.61. The van der Waals surface area contributed by atoms with Crippen LogP contribution in [0.1, 0.15) is 53.5 Å². The molecule has 7 nitrogen and oxygen atoms in total. The summed E-state index contributed by atoms with van der Waals surface area (Å²) in [6.45, 7) is 4.98. The highest BCUT2D eigenvalue weighted by molar-refractivity contribution is 7.92. The first-order chi connectivity index (χ1) is 22.9. The molecule has 0 bridgehead atoms. The molecule has 0 heterocycles. The van der Waals surface area contributed by atoms with Crippen molar-refractivity contribution in [2.24, 2.45) is 0 Å². The summed E-state index contributed by atoms with van der Waals surface area (Å²) >= 11 is 13.3. The number of nitrogens with zero attached hydrogens (tertiary/aromatic N) is 2. The third-order valence-corrected chi connectivity index (χ3v) is 11.2. The van der Waals surface area contributed by atoms with Crippen LogP contribution in [0, 0.1) is 20.8 Å². The number of amides is 2. The minimum absolute atomic E-state index is 0.00492. The van der Waals surface area contributed by atoms with E-state index in [1.54, 1.807) is 54.6 Å². The molecule has 1 saturated carbocycles. The smallest absolute Gasteiger partial charge is 0.264 e. The molecular weight excluding hydrogens is 665 g/mol. The van der Waals surface area contributed by atoms with E-state index in [9.17, 15) is 18.0 Å². The number of benzene rings is 4. The minimum atomic E-state index is -4.21. The van der Waals surface area contributed by atoms with E-state index in [2.05, 4.69) is 5.32 Å². The summed E-state index contributed by atoms with van der Waals surface area (Å²) < 4.78 is 29.8. The van der Waals surface area contributed by atoms with Gasteiger partial charge in [-0.15, -0.1) is 0 Å². The van der Waals surface area contributed by atoms with E-state index in [-0.39, 0.29) is 29.8 Å². The number of anilines is 1. The lowest BCUT2D eigenvalue weighted by Crippen LogP contribution is -2.54. The largest absolute Gasteiger partial charge is 0.352 e. The number of carbonyl (C=O) groups is 2. The summed E-state index contributed by atoms with van der Waals surface area (Å²) in [5.41, 5.74) is 4.28. The van der Waals surface area contributed by atoms with Crippen LogP contribution in [0.15, 0.2) is 95.9 Å². The quantitative estimate of drug-likeness (QED) is 0.163. The lowest BCUT2D eigenvalue weighted by atomic mass is 10.0. The molecule has 1 aliphatic rings. The zero-order valence-corrected chi connectivity index (χ0v) is 29.8. The van der Waals surface area contributed by atoms with Gasteiger partial charge in [0.2, 0.25) is 11.8 Å². The fourth-order valence-electron chi connectivity index (χ4n) is 6.24. The highest BCUT2D eigenvalue weighted by Gasteiger charge is 2.36. The van der Waals surface area contributed by atoms with E-state index in [4.69, 9.17) is 23.2 Å². The van der Waals surface area contributed by atoms with Gasteiger partial charge in [0, 0.05) is 34.6 Å². The molecular formula is C38H41Cl2N3O4S. The van der Waals surface area contributed by atoms with Crippen molar-refractivity contribution < 1.29 is 18.0 Å². The third kappa shape index (κ3) is 8.59. The molecule has 1 fully saturated rings. The van der Waals surface area contributed by atoms with Gasteiger partial charge in [-0.1, -0.05) is 96.2 Å². The van der Waals surface area contributed by atoms with Gasteiger partial charge >= 0.3 is 0 Å². The van der Waals surface area contributed by atoms with Gasteiger partial charge in [-0.25, -0.2) is 8.42 Å². The van der Waals surface area contributed by atoms with Gasteiger partial charge in [-0.2, -0.15) is 0 Å². The van der Waals surface area contributed by atoms with Crippen LogP contribution < -0.4 is 9.62 Å². The normalized spacial score (nSPS) is 14.0. The summed E-state index contributed by atoms with van der Waals surface area (Å²) in [5.74, 6) is -0.870. The molecule has 4 aromatic rings. The van der Waals surface area contributed by atoms with E-state index in [1.807, 2.05) is 57.2 Å². The van der Waals surface area contributed by atoms with E-state index < -0.39 is 28.5 Å². The zero-order chi connectivity index (χ0) is 34.4. The Kier molecular flexibility index (Phi) is 11.5. The predicted octanol–water partition coefficient (Wildman–Crippen LogP) is 7.81. The van der Waals surface area contributed by atoms with Crippen LogP contribution >= 0.6 is 23.2 Å². The molecule has 1 atom stereocenters. The first kappa shape index (κ1) is 35.5. The van der Waals surface area contributed by atoms with Gasteiger partial charge < -0.3 is 10.2 Å². The van der Waals surface area contributed by atoms with Crippen LogP contribution in [0.25, 0.3) is 0 Å². The molecule has 1 N–H and O–H groups in total. The van der Waals surface area contributed by atoms with Crippen molar-refractivity contribution in [2.45, 2.75) is 76.4 Å². The van der Waals surface area contributed by atoms with Gasteiger partial charge in [0.15, 0.2) is 0 Å². The maximum Gasteiger partial charge on any atom is 0.264 e. The Morgan fingerprint density at radius 3 is 2.02 bits per heavy atom. The third-order valence-electron chi connectivity index (χ3n) is 8.75. The highest BCUT2D eigenvalue weighted by Crippen LogP contribution is 2.30. The molecule has 0 radical (unpaired) electrons. The Labute approximate surface area is 293 Å². The molecule has 10 heteroatoms. The molecule has 0 aromatic heterocycles. The van der Waals surface area contributed by atoms with Crippen LogP contribution in [0.4, 0.5) is 5.69 Å². The maximum atomic E-state index is 14.8. The number of sulfonamides is 1. The van der Waals surface area contributed by atoms with Gasteiger partial charge in [-0.3, -0.25) is 13.9 Å². The number of halogens is 2. The Bertz CT molecular complexity index is 1820. The van der Waals surface area contributed by atoms with Crippen molar-refractivity contribution in [3.63, 3.8) is 0 Å². The molecule has 2 amide bonds. The van der Waals surface area contributed by atoms with Crippen molar-refractivity contribution in [2.75, 3.05) is 10.8 Å². The number of aryl methyl sites for hydroxylation is 3. The fraction of sp³-hybridized carbons (Fsp3) is 0.316. The average Bonchev–Trinajstić information content (AvgIpc) is 3.56. The number of rotatable bonds is 12. The zero-order valence-electron chi connectivity index (χ0n) is 27.5. The summed E-state index contributed by atoms with van der Waals surface area (Å²) in [5, 5.41) is 3.86. The number of carbonyl (C=O) groups excluding carboxylic acids is 2. The van der Waals surface area contributed by atoms with Crippen LogP contribution in [0.5, 0.6) is 0 Å². The summed E-state index contributed by atoms with van der Waals surface area (Å²) in [4.78, 5) is 30.5.